The summed E-state index contributed by atoms with van der Waals surface area (Å²) < 4.78 is 0. The predicted octanol–water partition coefficient (Wildman–Crippen LogP) is 1.65. The first-order valence-corrected chi connectivity index (χ1v) is 5.46. The molecule has 6 nitrogen and oxygen atoms in total. The van der Waals surface area contributed by atoms with Gasteiger partial charge in [0.15, 0.2) is 5.82 Å². The normalized spacial score (nSPS) is 11.7. The molecule has 18 heavy (non-hydrogen) atoms. The molecule has 0 radical (unpaired) electrons. The molecule has 0 spiro atoms. The number of aromatic nitrogens is 2. The van der Waals surface area contributed by atoms with Crippen molar-refractivity contribution in [3.05, 3.63) is 17.8 Å². The van der Waals surface area contributed by atoms with E-state index in [0.717, 1.165) is 0 Å². The second-order valence-corrected chi connectivity index (χ2v) is 5.09. The van der Waals surface area contributed by atoms with Crippen molar-refractivity contribution in [3.63, 3.8) is 0 Å². The van der Waals surface area contributed by atoms with Crippen molar-refractivity contribution in [2.24, 2.45) is 5.41 Å². The van der Waals surface area contributed by atoms with E-state index in [2.05, 4.69) is 15.5 Å². The molecular formula is C12H16N4O2. The second-order valence-electron chi connectivity index (χ2n) is 5.09. The van der Waals surface area contributed by atoms with E-state index in [0.29, 0.717) is 11.4 Å². The number of aliphatic carboxylic acids is 1. The standard InChI is InChI=1S/C12H16N4O2/c1-11(2,10(17)18)12(3,4)15-9-8(7-13)5-6-14-16-9/h5-6H,1-4H3,(H,15,16)(H,17,18). The largest absolute Gasteiger partial charge is 0.481 e. The lowest BCUT2D eigenvalue weighted by Crippen LogP contribution is -2.51. The van der Waals surface area contributed by atoms with Gasteiger partial charge in [-0.3, -0.25) is 4.79 Å². The minimum absolute atomic E-state index is 0.291. The summed E-state index contributed by atoms with van der Waals surface area (Å²) >= 11 is 0. The quantitative estimate of drug-likeness (QED) is 0.840. The fraction of sp³-hybridized carbons (Fsp3) is 0.500. The van der Waals surface area contributed by atoms with Gasteiger partial charge >= 0.3 is 5.97 Å². The van der Waals surface area contributed by atoms with E-state index in [-0.39, 0.29) is 0 Å². The van der Waals surface area contributed by atoms with Gasteiger partial charge in [0.25, 0.3) is 0 Å². The first kappa shape index (κ1) is 13.9. The van der Waals surface area contributed by atoms with Gasteiger partial charge in [0.2, 0.25) is 0 Å². The average molecular weight is 248 g/mol. The molecule has 0 atom stereocenters. The molecule has 2 N–H and O–H groups in total. The number of carboxylic acid groups (broad SMARTS) is 1. The highest BCUT2D eigenvalue weighted by molar-refractivity contribution is 5.76. The summed E-state index contributed by atoms with van der Waals surface area (Å²) in [6, 6.07) is 3.51. The number of anilines is 1. The Morgan fingerprint density at radius 1 is 1.44 bits per heavy atom. The van der Waals surface area contributed by atoms with Crippen molar-refractivity contribution in [2.45, 2.75) is 33.2 Å². The SMILES string of the molecule is CC(C)(Nc1nnccc1C#N)C(C)(C)C(=O)O. The monoisotopic (exact) mass is 248 g/mol. The summed E-state index contributed by atoms with van der Waals surface area (Å²) in [6.45, 7) is 6.73. The molecule has 0 unspecified atom stereocenters. The number of rotatable bonds is 4. The molecular weight excluding hydrogens is 232 g/mol. The molecule has 0 aliphatic carbocycles. The molecule has 0 amide bonds. The summed E-state index contributed by atoms with van der Waals surface area (Å²) in [5, 5.41) is 28.7. The summed E-state index contributed by atoms with van der Waals surface area (Å²) in [4.78, 5) is 11.3. The van der Waals surface area contributed by atoms with E-state index >= 15 is 0 Å². The Morgan fingerprint density at radius 2 is 2.06 bits per heavy atom. The molecule has 1 aromatic rings. The minimum Gasteiger partial charge on any atom is -0.481 e. The number of nitrogens with one attached hydrogen (secondary N) is 1. The van der Waals surface area contributed by atoms with Crippen LogP contribution in [-0.4, -0.2) is 26.8 Å². The number of nitrogens with zero attached hydrogens (tertiary/aromatic N) is 3. The van der Waals surface area contributed by atoms with Gasteiger partial charge in [-0.2, -0.15) is 10.4 Å². The van der Waals surface area contributed by atoms with Gasteiger partial charge in [-0.25, -0.2) is 0 Å². The predicted molar refractivity (Wildman–Crippen MR) is 65.9 cm³/mol. The highest BCUT2D eigenvalue weighted by Gasteiger charge is 2.44. The molecule has 1 heterocycles. The lowest BCUT2D eigenvalue weighted by Gasteiger charge is -2.39. The summed E-state index contributed by atoms with van der Waals surface area (Å²) in [6.07, 6.45) is 1.42. The van der Waals surface area contributed by atoms with Crippen LogP contribution in [0.2, 0.25) is 0 Å². The number of nitriles is 1. The van der Waals surface area contributed by atoms with E-state index in [4.69, 9.17) is 5.26 Å². The number of hydrogen-bond donors (Lipinski definition) is 2. The van der Waals surface area contributed by atoms with Crippen LogP contribution in [0, 0.1) is 16.7 Å². The maximum Gasteiger partial charge on any atom is 0.311 e. The highest BCUT2D eigenvalue weighted by Crippen LogP contribution is 2.33. The molecule has 0 aromatic carbocycles. The van der Waals surface area contributed by atoms with Gasteiger partial charge in [-0.1, -0.05) is 0 Å². The van der Waals surface area contributed by atoms with Gasteiger partial charge in [-0.15, -0.1) is 5.10 Å². The van der Waals surface area contributed by atoms with Crippen LogP contribution in [0.5, 0.6) is 0 Å². The second kappa shape index (κ2) is 4.61. The Labute approximate surface area is 106 Å². The number of carboxylic acids is 1. The molecule has 0 aliphatic heterocycles. The Bertz CT molecular complexity index is 503. The molecule has 1 aromatic heterocycles. The number of carbonyl (C=O) groups is 1. The first-order chi connectivity index (χ1) is 8.22. The Balaban J connectivity index is 3.11. The fourth-order valence-electron chi connectivity index (χ4n) is 1.23. The van der Waals surface area contributed by atoms with Crippen molar-refractivity contribution in [2.75, 3.05) is 5.32 Å². The Morgan fingerprint density at radius 3 is 2.56 bits per heavy atom. The maximum atomic E-state index is 11.3. The van der Waals surface area contributed by atoms with Gasteiger partial charge in [0, 0.05) is 5.54 Å². The van der Waals surface area contributed by atoms with Gasteiger partial charge in [-0.05, 0) is 33.8 Å². The third-order valence-electron chi connectivity index (χ3n) is 3.37. The van der Waals surface area contributed by atoms with Crippen molar-refractivity contribution < 1.29 is 9.90 Å². The van der Waals surface area contributed by atoms with Crippen LogP contribution >= 0.6 is 0 Å². The van der Waals surface area contributed by atoms with Crippen LogP contribution in [0.15, 0.2) is 12.3 Å². The summed E-state index contributed by atoms with van der Waals surface area (Å²) in [5.74, 6) is -0.637. The van der Waals surface area contributed by atoms with Crippen molar-refractivity contribution in [1.29, 1.82) is 5.26 Å². The molecule has 0 bridgehead atoms. The Kier molecular flexibility index (Phi) is 3.56. The molecule has 1 rings (SSSR count). The minimum atomic E-state index is -1.03. The van der Waals surface area contributed by atoms with Gasteiger partial charge in [0.05, 0.1) is 17.2 Å². The zero-order valence-electron chi connectivity index (χ0n) is 10.9. The molecule has 0 aliphatic rings. The lowest BCUT2D eigenvalue weighted by molar-refractivity contribution is -0.149. The molecule has 6 heteroatoms. The summed E-state index contributed by atoms with van der Waals surface area (Å²) in [7, 11) is 0. The smallest absolute Gasteiger partial charge is 0.311 e. The lowest BCUT2D eigenvalue weighted by atomic mass is 9.74. The topological polar surface area (TPSA) is 98.9 Å². The fourth-order valence-corrected chi connectivity index (χ4v) is 1.23. The molecule has 0 saturated carbocycles. The van der Waals surface area contributed by atoms with E-state index in [1.807, 2.05) is 6.07 Å². The molecule has 0 saturated heterocycles. The third kappa shape index (κ3) is 2.40. The zero-order chi connectivity index (χ0) is 14.0. The maximum absolute atomic E-state index is 11.3. The van der Waals surface area contributed by atoms with Crippen LogP contribution in [-0.2, 0) is 4.79 Å². The van der Waals surface area contributed by atoms with Crippen LogP contribution < -0.4 is 5.32 Å². The van der Waals surface area contributed by atoms with Crippen molar-refractivity contribution >= 4 is 11.8 Å². The van der Waals surface area contributed by atoms with E-state index in [1.165, 1.54) is 12.3 Å². The van der Waals surface area contributed by atoms with Gasteiger partial charge < -0.3 is 10.4 Å². The van der Waals surface area contributed by atoms with Crippen LogP contribution in [0.3, 0.4) is 0 Å². The van der Waals surface area contributed by atoms with Crippen molar-refractivity contribution in [3.8, 4) is 6.07 Å². The van der Waals surface area contributed by atoms with E-state index in [1.54, 1.807) is 27.7 Å². The third-order valence-corrected chi connectivity index (χ3v) is 3.37. The van der Waals surface area contributed by atoms with Crippen LogP contribution in [0.4, 0.5) is 5.82 Å². The van der Waals surface area contributed by atoms with Crippen LogP contribution in [0.1, 0.15) is 33.3 Å². The first-order valence-electron chi connectivity index (χ1n) is 5.46. The van der Waals surface area contributed by atoms with Crippen molar-refractivity contribution in [1.82, 2.24) is 10.2 Å². The Hall–Kier alpha value is -2.16. The average Bonchev–Trinajstić information content (AvgIpc) is 2.28. The highest BCUT2D eigenvalue weighted by atomic mass is 16.4. The molecule has 0 fully saturated rings. The summed E-state index contributed by atoms with van der Waals surface area (Å²) in [5.41, 5.74) is -1.49. The van der Waals surface area contributed by atoms with Gasteiger partial charge in [0.1, 0.15) is 6.07 Å². The van der Waals surface area contributed by atoms with Crippen LogP contribution in [0.25, 0.3) is 0 Å². The number of hydrogen-bond acceptors (Lipinski definition) is 5. The van der Waals surface area contributed by atoms with E-state index < -0.39 is 16.9 Å². The zero-order valence-corrected chi connectivity index (χ0v) is 10.9. The molecule has 96 valence electrons. The van der Waals surface area contributed by atoms with E-state index in [9.17, 15) is 9.90 Å².